The lowest BCUT2D eigenvalue weighted by Gasteiger charge is -2.38. The Balaban J connectivity index is 1.38. The zero-order valence-corrected chi connectivity index (χ0v) is 16.2. The molecule has 1 aromatic rings. The van der Waals surface area contributed by atoms with Crippen molar-refractivity contribution in [2.24, 2.45) is 17.8 Å². The predicted molar refractivity (Wildman–Crippen MR) is 103 cm³/mol. The van der Waals surface area contributed by atoms with E-state index in [2.05, 4.69) is 13.0 Å². The third kappa shape index (κ3) is 5.32. The number of rotatable bonds is 7. The van der Waals surface area contributed by atoms with E-state index >= 15 is 0 Å². The molecule has 0 bridgehead atoms. The van der Waals surface area contributed by atoms with Crippen LogP contribution in [0.4, 0.5) is 0 Å². The van der Waals surface area contributed by atoms with Crippen LogP contribution < -0.4 is 0 Å². The van der Waals surface area contributed by atoms with Crippen molar-refractivity contribution >= 4 is 0 Å². The van der Waals surface area contributed by atoms with E-state index in [0.29, 0.717) is 11.5 Å². The molecule has 2 aliphatic rings. The molecular formula is C23H33NO2. The number of hydrogen-bond donors (Lipinski definition) is 0. The van der Waals surface area contributed by atoms with Crippen LogP contribution in [-0.4, -0.2) is 13.2 Å². The lowest BCUT2D eigenvalue weighted by molar-refractivity contribution is -0.214. The Morgan fingerprint density at radius 2 is 1.62 bits per heavy atom. The fourth-order valence-electron chi connectivity index (χ4n) is 4.51. The van der Waals surface area contributed by atoms with E-state index in [1.165, 1.54) is 57.8 Å². The maximum Gasteiger partial charge on any atom is 0.183 e. The number of hydrogen-bond acceptors (Lipinski definition) is 3. The average molecular weight is 356 g/mol. The van der Waals surface area contributed by atoms with E-state index in [4.69, 9.17) is 14.7 Å². The summed E-state index contributed by atoms with van der Waals surface area (Å²) in [6.45, 7) is 3.89. The number of benzene rings is 1. The van der Waals surface area contributed by atoms with Crippen LogP contribution in [0.3, 0.4) is 0 Å². The van der Waals surface area contributed by atoms with Gasteiger partial charge in [0.2, 0.25) is 0 Å². The van der Waals surface area contributed by atoms with Gasteiger partial charge in [0, 0.05) is 11.5 Å². The maximum atomic E-state index is 8.90. The summed E-state index contributed by atoms with van der Waals surface area (Å²) in [4.78, 5) is 0. The van der Waals surface area contributed by atoms with Crippen LogP contribution in [0.5, 0.6) is 0 Å². The molecule has 3 rings (SSSR count). The molecule has 0 aromatic heterocycles. The molecule has 142 valence electrons. The number of ether oxygens (including phenoxy) is 2. The molecule has 0 amide bonds. The Bertz CT molecular complexity index is 561. The topological polar surface area (TPSA) is 42.2 Å². The molecule has 0 radical (unpaired) electrons. The molecule has 26 heavy (non-hydrogen) atoms. The zero-order valence-electron chi connectivity index (χ0n) is 16.2. The molecule has 1 saturated heterocycles. The van der Waals surface area contributed by atoms with Gasteiger partial charge in [0.25, 0.3) is 0 Å². The quantitative estimate of drug-likeness (QED) is 0.564. The van der Waals surface area contributed by atoms with Crippen LogP contribution in [0.1, 0.15) is 82.1 Å². The number of nitrogens with zero attached hydrogens (tertiary/aromatic N) is 1. The van der Waals surface area contributed by atoms with Gasteiger partial charge in [-0.3, -0.25) is 0 Å². The van der Waals surface area contributed by atoms with Crippen LogP contribution in [0.25, 0.3) is 0 Å². The summed E-state index contributed by atoms with van der Waals surface area (Å²) in [7, 11) is 0. The summed E-state index contributed by atoms with van der Waals surface area (Å²) >= 11 is 0. The highest BCUT2D eigenvalue weighted by atomic mass is 16.7. The summed E-state index contributed by atoms with van der Waals surface area (Å²) in [6, 6.07) is 9.68. The first kappa shape index (κ1) is 19.4. The van der Waals surface area contributed by atoms with Crippen LogP contribution in [-0.2, 0) is 9.47 Å². The highest BCUT2D eigenvalue weighted by Gasteiger charge is 2.32. The molecule has 0 atom stereocenters. The molecule has 1 aromatic carbocycles. The van der Waals surface area contributed by atoms with E-state index < -0.39 is 0 Å². The molecule has 3 nitrogen and oxygen atoms in total. The average Bonchev–Trinajstić information content (AvgIpc) is 2.72. The first-order valence-corrected chi connectivity index (χ1v) is 10.5. The first-order chi connectivity index (χ1) is 12.8. The van der Waals surface area contributed by atoms with Crippen LogP contribution >= 0.6 is 0 Å². The third-order valence-electron chi connectivity index (χ3n) is 6.26. The smallest absolute Gasteiger partial charge is 0.183 e. The van der Waals surface area contributed by atoms with E-state index in [1.54, 1.807) is 0 Å². The van der Waals surface area contributed by atoms with Gasteiger partial charge in [-0.15, -0.1) is 0 Å². The highest BCUT2D eigenvalue weighted by molar-refractivity contribution is 5.32. The van der Waals surface area contributed by atoms with Crippen LogP contribution in [0, 0.1) is 29.1 Å². The van der Waals surface area contributed by atoms with Crippen molar-refractivity contribution in [3.63, 3.8) is 0 Å². The molecule has 0 spiro atoms. The Kier molecular flexibility index (Phi) is 7.53. The van der Waals surface area contributed by atoms with Gasteiger partial charge >= 0.3 is 0 Å². The molecule has 1 heterocycles. The molecule has 1 saturated carbocycles. The molecule has 0 N–H and O–H groups in total. The van der Waals surface area contributed by atoms with Crippen LogP contribution in [0.2, 0.25) is 0 Å². The van der Waals surface area contributed by atoms with Gasteiger partial charge < -0.3 is 9.47 Å². The lowest BCUT2D eigenvalue weighted by Crippen LogP contribution is -2.34. The fraction of sp³-hybridized carbons (Fsp3) is 0.696. The summed E-state index contributed by atoms with van der Waals surface area (Å²) < 4.78 is 12.0. The SMILES string of the molecule is CCCCCCC1CCC(C2COC(c3ccc(C#N)cc3)OC2)CC1. The normalized spacial score (nSPS) is 29.2. The first-order valence-electron chi connectivity index (χ1n) is 10.5. The molecular weight excluding hydrogens is 322 g/mol. The van der Waals surface area contributed by atoms with Crippen molar-refractivity contribution in [3.05, 3.63) is 35.4 Å². The summed E-state index contributed by atoms with van der Waals surface area (Å²) in [5, 5.41) is 8.90. The largest absolute Gasteiger partial charge is 0.348 e. The van der Waals surface area contributed by atoms with Crippen LogP contribution in [0.15, 0.2) is 24.3 Å². The van der Waals surface area contributed by atoms with E-state index in [0.717, 1.165) is 30.6 Å². The minimum Gasteiger partial charge on any atom is -0.348 e. The molecule has 1 aliphatic heterocycles. The second kappa shape index (κ2) is 10.1. The highest BCUT2D eigenvalue weighted by Crippen LogP contribution is 2.38. The molecule has 1 aliphatic carbocycles. The van der Waals surface area contributed by atoms with Crippen molar-refractivity contribution in [1.29, 1.82) is 5.26 Å². The van der Waals surface area contributed by atoms with Crippen molar-refractivity contribution in [3.8, 4) is 6.07 Å². The Morgan fingerprint density at radius 3 is 2.23 bits per heavy atom. The van der Waals surface area contributed by atoms with Gasteiger partial charge in [0.15, 0.2) is 6.29 Å². The summed E-state index contributed by atoms with van der Waals surface area (Å²) in [6.07, 6.45) is 12.2. The van der Waals surface area contributed by atoms with Gasteiger partial charge in [-0.25, -0.2) is 0 Å². The maximum absolute atomic E-state index is 8.90. The fourth-order valence-corrected chi connectivity index (χ4v) is 4.51. The Morgan fingerprint density at radius 1 is 0.923 bits per heavy atom. The van der Waals surface area contributed by atoms with E-state index in [9.17, 15) is 0 Å². The van der Waals surface area contributed by atoms with E-state index in [1.807, 2.05) is 24.3 Å². The summed E-state index contributed by atoms with van der Waals surface area (Å²) in [5.74, 6) is 2.27. The zero-order chi connectivity index (χ0) is 18.2. The van der Waals surface area contributed by atoms with Gasteiger partial charge in [0.05, 0.1) is 24.8 Å². The monoisotopic (exact) mass is 355 g/mol. The van der Waals surface area contributed by atoms with Crippen molar-refractivity contribution < 1.29 is 9.47 Å². The van der Waals surface area contributed by atoms with Gasteiger partial charge in [-0.05, 0) is 36.8 Å². The number of nitriles is 1. The minimum atomic E-state index is -0.270. The van der Waals surface area contributed by atoms with Crippen molar-refractivity contribution in [1.82, 2.24) is 0 Å². The molecule has 3 heteroatoms. The van der Waals surface area contributed by atoms with Gasteiger partial charge in [-0.2, -0.15) is 5.26 Å². The minimum absolute atomic E-state index is 0.270. The van der Waals surface area contributed by atoms with Crippen molar-refractivity contribution in [2.75, 3.05) is 13.2 Å². The Labute approximate surface area is 158 Å². The predicted octanol–water partition coefficient (Wildman–Crippen LogP) is 6.00. The van der Waals surface area contributed by atoms with Crippen molar-refractivity contribution in [2.45, 2.75) is 71.0 Å². The number of unbranched alkanes of at least 4 members (excludes halogenated alkanes) is 3. The Hall–Kier alpha value is -1.37. The lowest BCUT2D eigenvalue weighted by atomic mass is 9.74. The second-order valence-corrected chi connectivity index (χ2v) is 8.12. The van der Waals surface area contributed by atoms with Gasteiger partial charge in [0.1, 0.15) is 0 Å². The standard InChI is InChI=1S/C23H33NO2/c1-2-3-4-5-6-18-7-11-20(12-8-18)22-16-25-23(26-17-22)21-13-9-19(15-24)10-14-21/h9-10,13-14,18,20,22-23H,2-8,11-12,16-17H2,1H3. The molecule has 2 fully saturated rings. The van der Waals surface area contributed by atoms with Gasteiger partial charge in [-0.1, -0.05) is 64.0 Å². The second-order valence-electron chi connectivity index (χ2n) is 8.12. The third-order valence-corrected chi connectivity index (χ3v) is 6.26. The summed E-state index contributed by atoms with van der Waals surface area (Å²) in [5.41, 5.74) is 1.69. The molecule has 0 unspecified atom stereocenters. The van der Waals surface area contributed by atoms with E-state index in [-0.39, 0.29) is 6.29 Å².